The number of nitrogens with one attached hydrogen (secondary N) is 1. The minimum atomic E-state index is 0.285. The lowest BCUT2D eigenvalue weighted by Gasteiger charge is -2.64. The zero-order chi connectivity index (χ0) is 13.3. The topological polar surface area (TPSA) is 41.6 Å². The minimum Gasteiger partial charge on any atom is -0.263 e. The van der Waals surface area contributed by atoms with E-state index in [1.54, 1.807) is 0 Å². The molecule has 3 heteroatoms. The molecule has 0 saturated heterocycles. The molecule has 0 amide bonds. The molecule has 3 nitrogen and oxygen atoms in total. The normalized spacial score (nSPS) is 47.8. The van der Waals surface area contributed by atoms with Crippen LogP contribution in [0.15, 0.2) is 0 Å². The quantitative estimate of drug-likeness (QED) is 0.881. The van der Waals surface area contributed by atoms with Crippen molar-refractivity contribution in [1.29, 1.82) is 0 Å². The van der Waals surface area contributed by atoms with Crippen LogP contribution in [0.4, 0.5) is 0 Å². The van der Waals surface area contributed by atoms with E-state index in [1.165, 1.54) is 38.5 Å². The van der Waals surface area contributed by atoms with Crippen LogP contribution < -0.4 is 0 Å². The molecule has 19 heavy (non-hydrogen) atoms. The third kappa shape index (κ3) is 1.63. The van der Waals surface area contributed by atoms with Crippen LogP contribution in [0.3, 0.4) is 0 Å². The van der Waals surface area contributed by atoms with Crippen molar-refractivity contribution in [3.63, 3.8) is 0 Å². The van der Waals surface area contributed by atoms with Gasteiger partial charge in [-0.1, -0.05) is 20.8 Å². The Balaban J connectivity index is 1.78. The van der Waals surface area contributed by atoms with Gasteiger partial charge in [-0.05, 0) is 55.3 Å². The Morgan fingerprint density at radius 3 is 2.32 bits per heavy atom. The van der Waals surface area contributed by atoms with Crippen LogP contribution in [-0.4, -0.2) is 15.2 Å². The Bertz CT molecular complexity index is 500. The van der Waals surface area contributed by atoms with Crippen LogP contribution in [0, 0.1) is 16.7 Å². The van der Waals surface area contributed by atoms with E-state index < -0.39 is 0 Å². The summed E-state index contributed by atoms with van der Waals surface area (Å²) in [5, 5.41) is 7.75. The predicted octanol–water partition coefficient (Wildman–Crippen LogP) is 3.62. The first-order valence-electron chi connectivity index (χ1n) is 7.86. The number of hydrogen-bond donors (Lipinski definition) is 1. The molecule has 0 aromatic carbocycles. The third-order valence-electron chi connectivity index (χ3n) is 5.97. The fourth-order valence-electron chi connectivity index (χ4n) is 6.39. The summed E-state index contributed by atoms with van der Waals surface area (Å²) in [6.07, 6.45) is 9.22. The van der Waals surface area contributed by atoms with E-state index in [2.05, 4.69) is 31.0 Å². The average Bonchev–Trinajstić information content (AvgIpc) is 2.72. The molecule has 0 spiro atoms. The molecule has 4 bridgehead atoms. The summed E-state index contributed by atoms with van der Waals surface area (Å²) in [6.45, 7) is 7.17. The van der Waals surface area contributed by atoms with Crippen LogP contribution in [0.2, 0.25) is 0 Å². The van der Waals surface area contributed by atoms with Gasteiger partial charge in [-0.3, -0.25) is 5.10 Å². The fraction of sp³-hybridized carbons (Fsp3) is 0.875. The standard InChI is InChI=1S/C16H25N3/c1-4-12-17-13(19-18-12)16-7-11-5-14(2,9-16)8-15(3,6-11)10-16/h11H,4-10H2,1-3H3,(H,17,18,19). The Morgan fingerprint density at radius 1 is 1.11 bits per heavy atom. The van der Waals surface area contributed by atoms with E-state index in [-0.39, 0.29) is 5.41 Å². The number of hydrogen-bond acceptors (Lipinski definition) is 2. The molecule has 4 saturated carbocycles. The molecule has 1 heterocycles. The number of H-pyrrole nitrogens is 1. The van der Waals surface area contributed by atoms with Gasteiger partial charge in [-0.25, -0.2) is 4.98 Å². The second-order valence-corrected chi connectivity index (χ2v) is 8.37. The Kier molecular flexibility index (Phi) is 2.15. The van der Waals surface area contributed by atoms with Crippen LogP contribution in [0.5, 0.6) is 0 Å². The summed E-state index contributed by atoms with van der Waals surface area (Å²) in [5.74, 6) is 3.10. The number of aryl methyl sites for hydroxylation is 1. The molecule has 4 aliphatic carbocycles. The molecule has 0 aliphatic heterocycles. The summed E-state index contributed by atoms with van der Waals surface area (Å²) in [6, 6.07) is 0. The number of aromatic amines is 1. The van der Waals surface area contributed by atoms with Gasteiger partial charge in [-0.15, -0.1) is 0 Å². The zero-order valence-corrected chi connectivity index (χ0v) is 12.4. The van der Waals surface area contributed by atoms with E-state index in [1.807, 2.05) is 0 Å². The second kappa shape index (κ2) is 3.42. The van der Waals surface area contributed by atoms with Gasteiger partial charge in [-0.2, -0.15) is 5.10 Å². The molecular formula is C16H25N3. The Labute approximate surface area is 115 Å². The summed E-state index contributed by atoms with van der Waals surface area (Å²) in [7, 11) is 0. The van der Waals surface area contributed by atoms with Gasteiger partial charge < -0.3 is 0 Å². The SMILES string of the molecule is CCc1nc(C23CC4CC(C)(CC(C)(C4)C2)C3)n[nH]1. The van der Waals surface area contributed by atoms with E-state index in [0.29, 0.717) is 10.8 Å². The van der Waals surface area contributed by atoms with E-state index in [0.717, 1.165) is 24.0 Å². The van der Waals surface area contributed by atoms with Gasteiger partial charge in [0.05, 0.1) is 0 Å². The van der Waals surface area contributed by atoms with Crippen LogP contribution >= 0.6 is 0 Å². The first kappa shape index (κ1) is 11.9. The van der Waals surface area contributed by atoms with Gasteiger partial charge in [0.15, 0.2) is 5.82 Å². The third-order valence-corrected chi connectivity index (χ3v) is 5.97. The molecule has 4 fully saturated rings. The van der Waals surface area contributed by atoms with E-state index in [4.69, 9.17) is 4.98 Å². The van der Waals surface area contributed by atoms with Gasteiger partial charge in [0.1, 0.15) is 5.82 Å². The van der Waals surface area contributed by atoms with Crippen molar-refractivity contribution in [3.8, 4) is 0 Å². The van der Waals surface area contributed by atoms with Crippen molar-refractivity contribution >= 4 is 0 Å². The maximum absolute atomic E-state index is 4.81. The largest absolute Gasteiger partial charge is 0.263 e. The summed E-state index contributed by atoms with van der Waals surface area (Å²) in [5.41, 5.74) is 1.37. The molecule has 4 aliphatic rings. The van der Waals surface area contributed by atoms with Crippen molar-refractivity contribution in [2.75, 3.05) is 0 Å². The zero-order valence-electron chi connectivity index (χ0n) is 12.4. The maximum Gasteiger partial charge on any atom is 0.156 e. The molecule has 2 unspecified atom stereocenters. The van der Waals surface area contributed by atoms with Crippen molar-refractivity contribution < 1.29 is 0 Å². The minimum absolute atomic E-state index is 0.285. The lowest BCUT2D eigenvalue weighted by atomic mass is 9.40. The summed E-state index contributed by atoms with van der Waals surface area (Å²) >= 11 is 0. The maximum atomic E-state index is 4.81. The van der Waals surface area contributed by atoms with Crippen LogP contribution in [-0.2, 0) is 11.8 Å². The highest BCUT2D eigenvalue weighted by Crippen LogP contribution is 2.69. The highest BCUT2D eigenvalue weighted by atomic mass is 15.2. The molecule has 2 atom stereocenters. The fourth-order valence-corrected chi connectivity index (χ4v) is 6.39. The first-order chi connectivity index (χ1) is 8.94. The summed E-state index contributed by atoms with van der Waals surface area (Å²) < 4.78 is 0. The molecule has 1 N–H and O–H groups in total. The number of aromatic nitrogens is 3. The van der Waals surface area contributed by atoms with Gasteiger partial charge in [0.25, 0.3) is 0 Å². The molecule has 1 aromatic heterocycles. The smallest absolute Gasteiger partial charge is 0.156 e. The van der Waals surface area contributed by atoms with Gasteiger partial charge in [0.2, 0.25) is 0 Å². The molecule has 1 aromatic rings. The average molecular weight is 259 g/mol. The van der Waals surface area contributed by atoms with Crippen molar-refractivity contribution in [2.24, 2.45) is 16.7 Å². The number of nitrogens with zero attached hydrogens (tertiary/aromatic N) is 2. The van der Waals surface area contributed by atoms with Gasteiger partial charge in [0, 0.05) is 11.8 Å². The highest BCUT2D eigenvalue weighted by Gasteiger charge is 2.61. The summed E-state index contributed by atoms with van der Waals surface area (Å²) in [4.78, 5) is 4.81. The second-order valence-electron chi connectivity index (χ2n) is 8.37. The lowest BCUT2D eigenvalue weighted by molar-refractivity contribution is -0.112. The highest BCUT2D eigenvalue weighted by molar-refractivity contribution is 5.21. The van der Waals surface area contributed by atoms with Crippen LogP contribution in [0.25, 0.3) is 0 Å². The Hall–Kier alpha value is -0.860. The van der Waals surface area contributed by atoms with E-state index >= 15 is 0 Å². The number of rotatable bonds is 2. The van der Waals surface area contributed by atoms with Gasteiger partial charge >= 0.3 is 0 Å². The molecular weight excluding hydrogens is 234 g/mol. The monoisotopic (exact) mass is 259 g/mol. The van der Waals surface area contributed by atoms with Crippen molar-refractivity contribution in [1.82, 2.24) is 15.2 Å². The van der Waals surface area contributed by atoms with Crippen molar-refractivity contribution in [3.05, 3.63) is 11.6 Å². The molecule has 104 valence electrons. The molecule has 0 radical (unpaired) electrons. The molecule has 5 rings (SSSR count). The lowest BCUT2D eigenvalue weighted by Crippen LogP contribution is -2.57. The van der Waals surface area contributed by atoms with E-state index in [9.17, 15) is 0 Å². The Morgan fingerprint density at radius 2 is 1.79 bits per heavy atom. The first-order valence-corrected chi connectivity index (χ1v) is 7.86. The predicted molar refractivity (Wildman–Crippen MR) is 74.8 cm³/mol. The van der Waals surface area contributed by atoms with Crippen molar-refractivity contribution in [2.45, 2.75) is 71.1 Å². The van der Waals surface area contributed by atoms with Crippen LogP contribution in [0.1, 0.15) is 70.9 Å².